The maximum absolute atomic E-state index is 12.1. The number of carbonyl (C=O) groups excluding carboxylic acids is 1. The first kappa shape index (κ1) is 15.5. The molecule has 2 heterocycles. The van der Waals surface area contributed by atoms with Crippen LogP contribution in [-0.2, 0) is 9.53 Å². The Balaban J connectivity index is 1.66. The number of cyclic esters (lactones) is 1. The fourth-order valence-electron chi connectivity index (χ4n) is 2.49. The lowest BCUT2D eigenvalue weighted by molar-refractivity contribution is -0.129. The number of ether oxygens (including phenoxy) is 4. The maximum Gasteiger partial charge on any atom is 0.363 e. The summed E-state index contributed by atoms with van der Waals surface area (Å²) in [6, 6.07) is 10.5. The summed E-state index contributed by atoms with van der Waals surface area (Å²) in [5.41, 5.74) is 1.53. The molecule has 0 bridgehead atoms. The van der Waals surface area contributed by atoms with Gasteiger partial charge in [-0.25, -0.2) is 9.79 Å². The highest BCUT2D eigenvalue weighted by atomic mass is 35.5. The van der Waals surface area contributed by atoms with Crippen molar-refractivity contribution in [2.75, 3.05) is 13.9 Å². The molecule has 0 atom stereocenters. The van der Waals surface area contributed by atoms with Gasteiger partial charge < -0.3 is 18.9 Å². The van der Waals surface area contributed by atoms with E-state index in [1.165, 1.54) is 0 Å². The molecule has 0 amide bonds. The zero-order chi connectivity index (χ0) is 17.4. The Bertz CT molecular complexity index is 918. The standard InChI is InChI=1S/C18H12ClNO5/c1-22-12-4-2-11(3-5-12)17-20-14(18(21)25-17)7-10-6-13(19)16-15(8-10)23-9-24-16/h2-8H,9H2,1H3/b14-7-. The van der Waals surface area contributed by atoms with Crippen molar-refractivity contribution in [3.63, 3.8) is 0 Å². The van der Waals surface area contributed by atoms with Gasteiger partial charge in [0.05, 0.1) is 12.1 Å². The Morgan fingerprint density at radius 3 is 2.76 bits per heavy atom. The number of hydrogen-bond acceptors (Lipinski definition) is 6. The van der Waals surface area contributed by atoms with Crippen molar-refractivity contribution in [2.45, 2.75) is 0 Å². The van der Waals surface area contributed by atoms with Crippen LogP contribution >= 0.6 is 11.6 Å². The normalized spacial score (nSPS) is 16.8. The van der Waals surface area contributed by atoms with Crippen LogP contribution in [0.25, 0.3) is 6.08 Å². The summed E-state index contributed by atoms with van der Waals surface area (Å²) in [6.07, 6.45) is 1.59. The van der Waals surface area contributed by atoms with Crippen LogP contribution in [0.2, 0.25) is 5.02 Å². The molecule has 6 nitrogen and oxygen atoms in total. The number of esters is 1. The molecule has 0 aromatic heterocycles. The van der Waals surface area contributed by atoms with Gasteiger partial charge in [-0.15, -0.1) is 0 Å². The van der Waals surface area contributed by atoms with Gasteiger partial charge in [-0.1, -0.05) is 11.6 Å². The minimum atomic E-state index is -0.528. The number of nitrogens with zero attached hydrogens (tertiary/aromatic N) is 1. The molecule has 25 heavy (non-hydrogen) atoms. The molecule has 2 aromatic rings. The first-order valence-electron chi connectivity index (χ1n) is 7.40. The quantitative estimate of drug-likeness (QED) is 0.622. The Hall–Kier alpha value is -2.99. The lowest BCUT2D eigenvalue weighted by atomic mass is 10.1. The zero-order valence-corrected chi connectivity index (χ0v) is 13.9. The van der Waals surface area contributed by atoms with Crippen LogP contribution < -0.4 is 14.2 Å². The molecule has 2 aromatic carbocycles. The molecule has 0 spiro atoms. The highest BCUT2D eigenvalue weighted by Crippen LogP contribution is 2.40. The smallest absolute Gasteiger partial charge is 0.363 e. The third kappa shape index (κ3) is 2.92. The van der Waals surface area contributed by atoms with Crippen LogP contribution in [0.3, 0.4) is 0 Å². The Labute approximate surface area is 148 Å². The lowest BCUT2D eigenvalue weighted by Crippen LogP contribution is -2.05. The molecule has 2 aliphatic rings. The summed E-state index contributed by atoms with van der Waals surface area (Å²) in [4.78, 5) is 16.3. The monoisotopic (exact) mass is 357 g/mol. The van der Waals surface area contributed by atoms with Gasteiger partial charge in [0.2, 0.25) is 12.7 Å². The highest BCUT2D eigenvalue weighted by Gasteiger charge is 2.25. The molecule has 0 unspecified atom stereocenters. The van der Waals surface area contributed by atoms with E-state index in [1.54, 1.807) is 49.6 Å². The SMILES string of the molecule is COc1ccc(C2=N/C(=C\c3cc(Cl)c4c(c3)OCO4)C(=O)O2)cc1. The second kappa shape index (κ2) is 6.14. The van der Waals surface area contributed by atoms with Gasteiger partial charge in [0.25, 0.3) is 0 Å². The number of carbonyl (C=O) groups is 1. The van der Waals surface area contributed by atoms with E-state index in [0.717, 1.165) is 0 Å². The highest BCUT2D eigenvalue weighted by molar-refractivity contribution is 6.32. The van der Waals surface area contributed by atoms with Crippen LogP contribution in [0, 0.1) is 0 Å². The average Bonchev–Trinajstić information content (AvgIpc) is 3.22. The Kier molecular flexibility index (Phi) is 3.82. The predicted molar refractivity (Wildman–Crippen MR) is 91.2 cm³/mol. The van der Waals surface area contributed by atoms with Gasteiger partial charge in [-0.3, -0.25) is 0 Å². The summed E-state index contributed by atoms with van der Waals surface area (Å²) in [5.74, 6) is 1.45. The van der Waals surface area contributed by atoms with Crippen molar-refractivity contribution in [3.05, 3.63) is 58.2 Å². The van der Waals surface area contributed by atoms with Gasteiger partial charge in [0.15, 0.2) is 17.2 Å². The molecule has 126 valence electrons. The van der Waals surface area contributed by atoms with E-state index in [1.807, 2.05) is 0 Å². The minimum absolute atomic E-state index is 0.122. The number of hydrogen-bond donors (Lipinski definition) is 0. The number of fused-ring (bicyclic) bond motifs is 1. The summed E-state index contributed by atoms with van der Waals surface area (Å²) in [6.45, 7) is 0.122. The van der Waals surface area contributed by atoms with Crippen molar-refractivity contribution >= 4 is 29.5 Å². The van der Waals surface area contributed by atoms with E-state index >= 15 is 0 Å². The number of aliphatic imine (C=N–C) groups is 1. The van der Waals surface area contributed by atoms with Gasteiger partial charge in [-0.05, 0) is 48.0 Å². The van der Waals surface area contributed by atoms with E-state index in [0.29, 0.717) is 33.4 Å². The molecule has 0 saturated carbocycles. The molecule has 0 aliphatic carbocycles. The summed E-state index contributed by atoms with van der Waals surface area (Å²) in [5, 5.41) is 0.410. The molecule has 0 radical (unpaired) electrons. The van der Waals surface area contributed by atoms with Crippen LogP contribution in [0.4, 0.5) is 0 Å². The topological polar surface area (TPSA) is 66.3 Å². The molecular formula is C18H12ClNO5. The van der Waals surface area contributed by atoms with Gasteiger partial charge in [-0.2, -0.15) is 0 Å². The number of halogens is 1. The van der Waals surface area contributed by atoms with Crippen LogP contribution in [-0.4, -0.2) is 25.8 Å². The summed E-state index contributed by atoms with van der Waals surface area (Å²) < 4.78 is 20.9. The summed E-state index contributed by atoms with van der Waals surface area (Å²) in [7, 11) is 1.58. The third-order valence-corrected chi connectivity index (χ3v) is 3.99. The number of methoxy groups -OCH3 is 1. The van der Waals surface area contributed by atoms with Crippen molar-refractivity contribution in [1.29, 1.82) is 0 Å². The van der Waals surface area contributed by atoms with E-state index < -0.39 is 5.97 Å². The largest absolute Gasteiger partial charge is 0.497 e. The summed E-state index contributed by atoms with van der Waals surface area (Å²) >= 11 is 6.15. The van der Waals surface area contributed by atoms with Crippen LogP contribution in [0.15, 0.2) is 47.1 Å². The second-order valence-corrected chi connectivity index (χ2v) is 5.71. The first-order chi connectivity index (χ1) is 12.1. The fraction of sp³-hybridized carbons (Fsp3) is 0.111. The van der Waals surface area contributed by atoms with Gasteiger partial charge >= 0.3 is 5.97 Å². The molecule has 0 fully saturated rings. The van der Waals surface area contributed by atoms with Crippen molar-refractivity contribution in [2.24, 2.45) is 4.99 Å². The third-order valence-electron chi connectivity index (χ3n) is 3.71. The van der Waals surface area contributed by atoms with E-state index in [9.17, 15) is 4.79 Å². The van der Waals surface area contributed by atoms with Crippen LogP contribution in [0.5, 0.6) is 17.2 Å². The van der Waals surface area contributed by atoms with Crippen molar-refractivity contribution in [1.82, 2.24) is 0 Å². The zero-order valence-electron chi connectivity index (χ0n) is 13.1. The molecule has 0 N–H and O–H groups in total. The van der Waals surface area contributed by atoms with Gasteiger partial charge in [0.1, 0.15) is 5.75 Å². The maximum atomic E-state index is 12.1. The fourth-order valence-corrected chi connectivity index (χ4v) is 2.77. The first-order valence-corrected chi connectivity index (χ1v) is 7.78. The van der Waals surface area contributed by atoms with Crippen molar-refractivity contribution < 1.29 is 23.7 Å². The molecule has 7 heteroatoms. The van der Waals surface area contributed by atoms with Gasteiger partial charge in [0, 0.05) is 5.56 Å². The van der Waals surface area contributed by atoms with Crippen LogP contribution in [0.1, 0.15) is 11.1 Å². The molecule has 2 aliphatic heterocycles. The molecular weight excluding hydrogens is 346 g/mol. The van der Waals surface area contributed by atoms with E-state index in [4.69, 9.17) is 30.5 Å². The second-order valence-electron chi connectivity index (χ2n) is 5.30. The Morgan fingerprint density at radius 1 is 1.20 bits per heavy atom. The lowest BCUT2D eigenvalue weighted by Gasteiger charge is -2.01. The average molecular weight is 358 g/mol. The predicted octanol–water partition coefficient (Wildman–Crippen LogP) is 3.42. The Morgan fingerprint density at radius 2 is 2.00 bits per heavy atom. The molecule has 4 rings (SSSR count). The van der Waals surface area contributed by atoms with Crippen molar-refractivity contribution in [3.8, 4) is 17.2 Å². The number of rotatable bonds is 3. The van der Waals surface area contributed by atoms with E-state index in [2.05, 4.69) is 4.99 Å². The minimum Gasteiger partial charge on any atom is -0.497 e. The van der Waals surface area contributed by atoms with E-state index in [-0.39, 0.29) is 18.4 Å². The number of benzene rings is 2. The molecule has 0 saturated heterocycles.